The summed E-state index contributed by atoms with van der Waals surface area (Å²) < 4.78 is 0. The molecule has 1 atom stereocenters. The number of benzene rings is 1. The van der Waals surface area contributed by atoms with Crippen LogP contribution in [0.2, 0.25) is 0 Å². The lowest BCUT2D eigenvalue weighted by molar-refractivity contribution is 0.0615. The van der Waals surface area contributed by atoms with Gasteiger partial charge in [0.1, 0.15) is 0 Å². The molecule has 2 fully saturated rings. The van der Waals surface area contributed by atoms with Gasteiger partial charge in [-0.15, -0.1) is 0 Å². The third-order valence-corrected chi connectivity index (χ3v) is 4.25. The van der Waals surface area contributed by atoms with Gasteiger partial charge in [-0.1, -0.05) is 18.2 Å². The van der Waals surface area contributed by atoms with Gasteiger partial charge in [0.2, 0.25) is 0 Å². The second kappa shape index (κ2) is 5.96. The zero-order chi connectivity index (χ0) is 15.7. The molecule has 1 unspecified atom stereocenters. The van der Waals surface area contributed by atoms with Crippen LogP contribution in [0.5, 0.6) is 0 Å². The summed E-state index contributed by atoms with van der Waals surface area (Å²) in [6, 6.07) is 7.86. The number of nitrogens with zero attached hydrogens (tertiary/aromatic N) is 3. The van der Waals surface area contributed by atoms with Crippen molar-refractivity contribution in [3.8, 4) is 0 Å². The maximum absolute atomic E-state index is 12.9. The molecule has 0 saturated carbocycles. The lowest BCUT2D eigenvalue weighted by atomic mass is 10.0. The van der Waals surface area contributed by atoms with E-state index in [-0.39, 0.29) is 18.0 Å². The summed E-state index contributed by atoms with van der Waals surface area (Å²) in [6.45, 7) is 3.18. The Kier molecular flexibility index (Phi) is 4.02. The number of hydrogen-bond donors (Lipinski definition) is 1. The van der Waals surface area contributed by atoms with E-state index < -0.39 is 0 Å². The minimum absolute atomic E-state index is 0.00916. The first-order chi connectivity index (χ1) is 10.6. The molecule has 2 aliphatic rings. The first-order valence-electron chi connectivity index (χ1n) is 7.62. The van der Waals surface area contributed by atoms with Crippen molar-refractivity contribution in [2.75, 3.05) is 40.3 Å². The monoisotopic (exact) mass is 302 g/mol. The summed E-state index contributed by atoms with van der Waals surface area (Å²) in [5, 5.41) is 2.84. The summed E-state index contributed by atoms with van der Waals surface area (Å²) in [4.78, 5) is 30.3. The molecule has 3 amide bonds. The number of hydrogen-bond acceptors (Lipinski definition) is 3. The number of carbonyl (C=O) groups excluding carboxylic acids is 2. The minimum atomic E-state index is -0.00916. The molecule has 6 nitrogen and oxygen atoms in total. The van der Waals surface area contributed by atoms with Gasteiger partial charge >= 0.3 is 6.03 Å². The van der Waals surface area contributed by atoms with Crippen LogP contribution in [0.25, 0.3) is 0 Å². The highest BCUT2D eigenvalue weighted by Gasteiger charge is 2.37. The van der Waals surface area contributed by atoms with Crippen LogP contribution in [0.1, 0.15) is 15.9 Å². The third kappa shape index (κ3) is 2.78. The molecule has 2 heterocycles. The highest BCUT2D eigenvalue weighted by molar-refractivity contribution is 5.96. The Morgan fingerprint density at radius 3 is 2.86 bits per heavy atom. The average Bonchev–Trinajstić information content (AvgIpc) is 2.87. The highest BCUT2D eigenvalue weighted by atomic mass is 16.2. The Bertz CT molecular complexity index is 587. The van der Waals surface area contributed by atoms with E-state index in [1.54, 1.807) is 0 Å². The summed E-state index contributed by atoms with van der Waals surface area (Å²) in [5.41, 5.74) is 1.81. The molecule has 6 heteroatoms. The number of carbonyl (C=O) groups is 2. The molecular formula is C16H22N4O2. The van der Waals surface area contributed by atoms with E-state index in [9.17, 15) is 9.59 Å². The molecule has 0 radical (unpaired) electrons. The van der Waals surface area contributed by atoms with Crippen molar-refractivity contribution in [3.05, 3.63) is 35.4 Å². The van der Waals surface area contributed by atoms with Gasteiger partial charge in [-0.2, -0.15) is 0 Å². The number of fused-ring (bicyclic) bond motifs is 1. The van der Waals surface area contributed by atoms with Crippen molar-refractivity contribution >= 4 is 11.9 Å². The molecule has 0 bridgehead atoms. The fourth-order valence-corrected chi connectivity index (χ4v) is 3.17. The number of rotatable bonds is 3. The largest absolute Gasteiger partial charge is 0.336 e. The quantitative estimate of drug-likeness (QED) is 0.889. The molecule has 3 rings (SSSR count). The Labute approximate surface area is 130 Å². The second-order valence-electron chi connectivity index (χ2n) is 6.18. The normalized spacial score (nSPS) is 21.0. The number of nitrogens with one attached hydrogen (secondary N) is 1. The van der Waals surface area contributed by atoms with Crippen LogP contribution in [0.3, 0.4) is 0 Å². The molecule has 22 heavy (non-hydrogen) atoms. The van der Waals surface area contributed by atoms with Crippen LogP contribution in [-0.2, 0) is 6.54 Å². The standard InChI is InChI=1S/C16H22N4O2/c1-18(2)10-12-5-3-4-6-14(12)15(21)19-7-8-20-13(11-19)9-17-16(20)22/h3-6,13H,7-11H2,1-2H3,(H,17,22). The van der Waals surface area contributed by atoms with Gasteiger partial charge < -0.3 is 20.0 Å². The predicted molar refractivity (Wildman–Crippen MR) is 83.6 cm³/mol. The van der Waals surface area contributed by atoms with Gasteiger partial charge in [0.15, 0.2) is 0 Å². The van der Waals surface area contributed by atoms with E-state index in [1.165, 1.54) is 0 Å². The minimum Gasteiger partial charge on any atom is -0.336 e. The van der Waals surface area contributed by atoms with Crippen LogP contribution < -0.4 is 5.32 Å². The van der Waals surface area contributed by atoms with E-state index in [2.05, 4.69) is 10.2 Å². The van der Waals surface area contributed by atoms with Crippen LogP contribution in [0, 0.1) is 0 Å². The zero-order valence-corrected chi connectivity index (χ0v) is 13.1. The average molecular weight is 302 g/mol. The molecular weight excluding hydrogens is 280 g/mol. The van der Waals surface area contributed by atoms with E-state index in [4.69, 9.17) is 0 Å². The molecule has 0 aliphatic carbocycles. The van der Waals surface area contributed by atoms with E-state index >= 15 is 0 Å². The Morgan fingerprint density at radius 1 is 1.32 bits per heavy atom. The third-order valence-electron chi connectivity index (χ3n) is 4.25. The summed E-state index contributed by atoms with van der Waals surface area (Å²) in [5.74, 6) is 0.0662. The van der Waals surface area contributed by atoms with Crippen molar-refractivity contribution in [1.82, 2.24) is 20.0 Å². The maximum atomic E-state index is 12.9. The highest BCUT2D eigenvalue weighted by Crippen LogP contribution is 2.19. The van der Waals surface area contributed by atoms with Gasteiger partial charge in [0.05, 0.1) is 6.04 Å². The smallest absolute Gasteiger partial charge is 0.317 e. The lowest BCUT2D eigenvalue weighted by Gasteiger charge is -2.36. The SMILES string of the molecule is CN(C)Cc1ccccc1C(=O)N1CCN2C(=O)NCC2C1. The zero-order valence-electron chi connectivity index (χ0n) is 13.1. The van der Waals surface area contributed by atoms with Gasteiger partial charge in [0, 0.05) is 38.3 Å². The molecule has 0 spiro atoms. The Balaban J connectivity index is 1.76. The van der Waals surface area contributed by atoms with E-state index in [1.807, 2.05) is 48.2 Å². The van der Waals surface area contributed by atoms with Crippen molar-refractivity contribution < 1.29 is 9.59 Å². The summed E-state index contributed by atoms with van der Waals surface area (Å²) in [6.07, 6.45) is 0. The van der Waals surface area contributed by atoms with Crippen LogP contribution >= 0.6 is 0 Å². The van der Waals surface area contributed by atoms with Gasteiger partial charge in [0.25, 0.3) is 5.91 Å². The fraction of sp³-hybridized carbons (Fsp3) is 0.500. The molecule has 1 aromatic rings. The molecule has 118 valence electrons. The lowest BCUT2D eigenvalue weighted by Crippen LogP contribution is -2.53. The van der Waals surface area contributed by atoms with Crippen LogP contribution in [0.15, 0.2) is 24.3 Å². The van der Waals surface area contributed by atoms with Crippen molar-refractivity contribution in [2.24, 2.45) is 0 Å². The number of amides is 3. The molecule has 1 aromatic carbocycles. The molecule has 2 saturated heterocycles. The van der Waals surface area contributed by atoms with E-state index in [0.717, 1.165) is 17.7 Å². The maximum Gasteiger partial charge on any atom is 0.317 e. The molecule has 2 aliphatic heterocycles. The summed E-state index contributed by atoms with van der Waals surface area (Å²) in [7, 11) is 3.99. The van der Waals surface area contributed by atoms with Crippen LogP contribution in [0.4, 0.5) is 4.79 Å². The first-order valence-corrected chi connectivity index (χ1v) is 7.62. The van der Waals surface area contributed by atoms with Crippen molar-refractivity contribution in [2.45, 2.75) is 12.6 Å². The van der Waals surface area contributed by atoms with Gasteiger partial charge in [-0.05, 0) is 25.7 Å². The van der Waals surface area contributed by atoms with E-state index in [0.29, 0.717) is 26.2 Å². The van der Waals surface area contributed by atoms with Crippen molar-refractivity contribution in [3.63, 3.8) is 0 Å². The number of urea groups is 1. The van der Waals surface area contributed by atoms with Crippen molar-refractivity contribution in [1.29, 1.82) is 0 Å². The molecule has 1 N–H and O–H groups in total. The predicted octanol–water partition coefficient (Wildman–Crippen LogP) is 0.598. The Morgan fingerprint density at radius 2 is 2.09 bits per heavy atom. The second-order valence-corrected chi connectivity index (χ2v) is 6.18. The topological polar surface area (TPSA) is 55.9 Å². The van der Waals surface area contributed by atoms with Crippen LogP contribution in [-0.4, -0.2) is 73.0 Å². The Hall–Kier alpha value is -2.08. The van der Waals surface area contributed by atoms with Gasteiger partial charge in [-0.3, -0.25) is 4.79 Å². The molecule has 0 aromatic heterocycles. The summed E-state index contributed by atoms with van der Waals surface area (Å²) >= 11 is 0. The van der Waals surface area contributed by atoms with Gasteiger partial charge in [-0.25, -0.2) is 4.79 Å². The fourth-order valence-electron chi connectivity index (χ4n) is 3.17. The number of piperazine rings is 1. The first kappa shape index (κ1) is 14.8.